The van der Waals surface area contributed by atoms with Crippen molar-refractivity contribution in [2.45, 2.75) is 41.6 Å². The van der Waals surface area contributed by atoms with E-state index in [0.717, 1.165) is 28.4 Å². The Morgan fingerprint density at radius 3 is 2.50 bits per heavy atom. The minimum atomic E-state index is -1.24. The molecule has 1 aromatic carbocycles. The Hall–Kier alpha value is -1.48. The number of benzene rings is 1. The highest BCUT2D eigenvalue weighted by molar-refractivity contribution is 8.01. The number of thiophene rings is 1. The van der Waals surface area contributed by atoms with Crippen molar-refractivity contribution in [3.8, 4) is 17.2 Å². The maximum Gasteiger partial charge on any atom is 0.102 e. The van der Waals surface area contributed by atoms with Gasteiger partial charge in [-0.2, -0.15) is 5.26 Å². The monoisotopic (exact) mass is 376 g/mol. The lowest BCUT2D eigenvalue weighted by Crippen LogP contribution is -2.21. The van der Waals surface area contributed by atoms with Gasteiger partial charge in [0.2, 0.25) is 0 Å². The van der Waals surface area contributed by atoms with E-state index in [9.17, 15) is 15.2 Å². The van der Waals surface area contributed by atoms with E-state index in [4.69, 9.17) is 11.6 Å². The lowest BCUT2D eigenvalue weighted by atomic mass is 10.0. The SMILES string of the molecule is N#Cc1c(SC2CCCCC2)sc(C(=O)[O-])c1-c1ccc(Cl)cc1. The maximum atomic E-state index is 11.6. The molecule has 0 aliphatic heterocycles. The molecule has 124 valence electrons. The summed E-state index contributed by atoms with van der Waals surface area (Å²) in [7, 11) is 0. The number of hydrogen-bond acceptors (Lipinski definition) is 5. The van der Waals surface area contributed by atoms with Crippen molar-refractivity contribution in [1.29, 1.82) is 5.26 Å². The molecule has 24 heavy (non-hydrogen) atoms. The lowest BCUT2D eigenvalue weighted by Gasteiger charge is -2.20. The predicted molar refractivity (Wildman–Crippen MR) is 96.5 cm³/mol. The number of aromatic carboxylic acids is 1. The molecule has 3 rings (SSSR count). The van der Waals surface area contributed by atoms with E-state index in [2.05, 4.69) is 6.07 Å². The van der Waals surface area contributed by atoms with Crippen LogP contribution in [0.2, 0.25) is 5.02 Å². The van der Waals surface area contributed by atoms with Crippen LogP contribution in [0.25, 0.3) is 11.1 Å². The number of rotatable bonds is 4. The molecule has 3 nitrogen and oxygen atoms in total. The molecule has 0 N–H and O–H groups in total. The number of nitrogens with zero attached hydrogens (tertiary/aromatic N) is 1. The van der Waals surface area contributed by atoms with Gasteiger partial charge in [0.15, 0.2) is 0 Å². The number of halogens is 1. The topological polar surface area (TPSA) is 63.9 Å². The number of carboxylic acid groups (broad SMARTS) is 1. The number of carbonyl (C=O) groups excluding carboxylic acids is 1. The zero-order valence-corrected chi connectivity index (χ0v) is 15.3. The highest BCUT2D eigenvalue weighted by Crippen LogP contribution is 2.45. The van der Waals surface area contributed by atoms with E-state index in [0.29, 0.717) is 27.0 Å². The summed E-state index contributed by atoms with van der Waals surface area (Å²) in [5.41, 5.74) is 1.58. The first-order valence-electron chi connectivity index (χ1n) is 7.81. The minimum absolute atomic E-state index is 0.118. The van der Waals surface area contributed by atoms with Gasteiger partial charge < -0.3 is 9.90 Å². The summed E-state index contributed by atoms with van der Waals surface area (Å²) in [5.74, 6) is -1.24. The fourth-order valence-corrected chi connectivity index (χ4v) is 5.92. The van der Waals surface area contributed by atoms with Crippen molar-refractivity contribution in [3.63, 3.8) is 0 Å². The van der Waals surface area contributed by atoms with E-state index in [1.165, 1.54) is 19.3 Å². The molecule has 0 bridgehead atoms. The van der Waals surface area contributed by atoms with Gasteiger partial charge >= 0.3 is 0 Å². The van der Waals surface area contributed by atoms with E-state index in [-0.39, 0.29) is 4.88 Å². The zero-order chi connectivity index (χ0) is 17.1. The van der Waals surface area contributed by atoms with Gasteiger partial charge in [0, 0.05) is 15.8 Å². The Kier molecular flexibility index (Phi) is 5.50. The summed E-state index contributed by atoms with van der Waals surface area (Å²) < 4.78 is 0.786. The first kappa shape index (κ1) is 17.3. The number of hydrogen-bond donors (Lipinski definition) is 0. The molecule has 1 heterocycles. The second-order valence-electron chi connectivity index (χ2n) is 5.75. The molecular formula is C18H15ClNO2S2-. The van der Waals surface area contributed by atoms with E-state index >= 15 is 0 Å². The minimum Gasteiger partial charge on any atom is -0.544 e. The van der Waals surface area contributed by atoms with Gasteiger partial charge in [0.1, 0.15) is 6.07 Å². The first-order valence-corrected chi connectivity index (χ1v) is 9.88. The Labute approximate surface area is 154 Å². The van der Waals surface area contributed by atoms with Gasteiger partial charge in [-0.1, -0.05) is 43.0 Å². The Morgan fingerprint density at radius 1 is 1.25 bits per heavy atom. The van der Waals surface area contributed by atoms with Crippen LogP contribution < -0.4 is 5.11 Å². The summed E-state index contributed by atoms with van der Waals surface area (Å²) in [6.45, 7) is 0. The maximum absolute atomic E-state index is 11.6. The molecule has 0 saturated heterocycles. The third-order valence-corrected chi connectivity index (χ3v) is 7.11. The molecule has 0 amide bonds. The Balaban J connectivity index is 2.04. The van der Waals surface area contributed by atoms with Crippen LogP contribution in [0.4, 0.5) is 0 Å². The van der Waals surface area contributed by atoms with E-state index in [1.807, 2.05) is 0 Å². The molecule has 0 unspecified atom stereocenters. The van der Waals surface area contributed by atoms with Crippen molar-refractivity contribution >= 4 is 40.7 Å². The van der Waals surface area contributed by atoms with E-state index in [1.54, 1.807) is 36.0 Å². The van der Waals surface area contributed by atoms with Gasteiger partial charge in [-0.25, -0.2) is 0 Å². The molecule has 2 aromatic rings. The van der Waals surface area contributed by atoms with Gasteiger partial charge in [-0.05, 0) is 30.5 Å². The standard InChI is InChI=1S/C18H16ClNO2S2/c19-12-8-6-11(7-9-12)15-14(10-20)18(24-16(15)17(21)22)23-13-4-2-1-3-5-13/h6-9,13H,1-5H2,(H,21,22)/p-1. The van der Waals surface area contributed by atoms with Crippen molar-refractivity contribution in [3.05, 3.63) is 39.7 Å². The molecule has 1 aromatic heterocycles. The first-order chi connectivity index (χ1) is 11.6. The normalized spacial score (nSPS) is 15.2. The third kappa shape index (κ3) is 3.61. The molecule has 0 atom stereocenters. The third-order valence-electron chi connectivity index (χ3n) is 4.13. The summed E-state index contributed by atoms with van der Waals surface area (Å²) >= 11 is 8.72. The zero-order valence-electron chi connectivity index (χ0n) is 12.9. The number of carboxylic acids is 1. The van der Waals surface area contributed by atoms with Crippen LogP contribution in [-0.2, 0) is 0 Å². The van der Waals surface area contributed by atoms with Crippen molar-refractivity contribution < 1.29 is 9.90 Å². The van der Waals surface area contributed by atoms with Gasteiger partial charge in [-0.15, -0.1) is 23.1 Å². The van der Waals surface area contributed by atoms with E-state index < -0.39 is 5.97 Å². The molecule has 1 aliphatic carbocycles. The van der Waals surface area contributed by atoms with Crippen LogP contribution >= 0.6 is 34.7 Å². The van der Waals surface area contributed by atoms with Gasteiger partial charge in [0.05, 0.1) is 20.6 Å². The number of carbonyl (C=O) groups is 1. The summed E-state index contributed by atoms with van der Waals surface area (Å²) in [6, 6.07) is 9.09. The number of thioether (sulfide) groups is 1. The lowest BCUT2D eigenvalue weighted by molar-refractivity contribution is -0.254. The quantitative estimate of drug-likeness (QED) is 0.773. The molecule has 1 aliphatic rings. The molecular weight excluding hydrogens is 362 g/mol. The van der Waals surface area contributed by atoms with Crippen molar-refractivity contribution in [2.24, 2.45) is 0 Å². The molecule has 0 radical (unpaired) electrons. The van der Waals surface area contributed by atoms with Crippen LogP contribution in [0.5, 0.6) is 0 Å². The number of nitriles is 1. The summed E-state index contributed by atoms with van der Waals surface area (Å²) in [5, 5.41) is 22.3. The smallest absolute Gasteiger partial charge is 0.102 e. The Bertz CT molecular complexity index is 787. The molecule has 6 heteroatoms. The van der Waals surface area contributed by atoms with Crippen molar-refractivity contribution in [1.82, 2.24) is 0 Å². The van der Waals surface area contributed by atoms with Crippen LogP contribution in [0.1, 0.15) is 47.3 Å². The second-order valence-corrected chi connectivity index (χ2v) is 8.78. The van der Waals surface area contributed by atoms with Gasteiger partial charge in [-0.3, -0.25) is 0 Å². The fraction of sp³-hybridized carbons (Fsp3) is 0.333. The second kappa shape index (κ2) is 7.60. The van der Waals surface area contributed by atoms with Crippen molar-refractivity contribution in [2.75, 3.05) is 0 Å². The molecule has 1 fully saturated rings. The van der Waals surface area contributed by atoms with Crippen LogP contribution in [0.15, 0.2) is 28.5 Å². The largest absolute Gasteiger partial charge is 0.544 e. The predicted octanol–water partition coefficient (Wildman–Crippen LogP) is 4.73. The van der Waals surface area contributed by atoms with Crippen LogP contribution in [0.3, 0.4) is 0 Å². The Morgan fingerprint density at radius 2 is 1.92 bits per heavy atom. The fourth-order valence-electron chi connectivity index (χ4n) is 2.96. The average molecular weight is 377 g/mol. The van der Waals surface area contributed by atoms with Crippen LogP contribution in [-0.4, -0.2) is 11.2 Å². The molecule has 0 spiro atoms. The average Bonchev–Trinajstić information content (AvgIpc) is 2.95. The van der Waals surface area contributed by atoms with Gasteiger partial charge in [0.25, 0.3) is 0 Å². The molecule has 1 saturated carbocycles. The van der Waals surface area contributed by atoms with Crippen LogP contribution in [0, 0.1) is 11.3 Å². The summed E-state index contributed by atoms with van der Waals surface area (Å²) in [6.07, 6.45) is 5.88. The highest BCUT2D eigenvalue weighted by Gasteiger charge is 2.24. The summed E-state index contributed by atoms with van der Waals surface area (Å²) in [4.78, 5) is 11.7. The highest BCUT2D eigenvalue weighted by atomic mass is 35.5.